The first-order valence-corrected chi connectivity index (χ1v) is 4.52. The van der Waals surface area contributed by atoms with Gasteiger partial charge in [0.25, 0.3) is 0 Å². The highest BCUT2D eigenvalue weighted by Gasteiger charge is 2.30. The molecule has 0 radical (unpaired) electrons. The Balaban J connectivity index is 2.06. The summed E-state index contributed by atoms with van der Waals surface area (Å²) in [6.45, 7) is 2.79. The topological polar surface area (TPSA) is 29.5 Å². The van der Waals surface area contributed by atoms with Crippen molar-refractivity contribution in [2.75, 3.05) is 6.61 Å². The number of hydrogen-bond acceptors (Lipinski definition) is 2. The van der Waals surface area contributed by atoms with Crippen molar-refractivity contribution >= 4 is 0 Å². The van der Waals surface area contributed by atoms with E-state index in [0.29, 0.717) is 12.0 Å². The Morgan fingerprint density at radius 1 is 1.67 bits per heavy atom. The summed E-state index contributed by atoms with van der Waals surface area (Å²) >= 11 is 0. The standard InChI is InChI=1S/C10H16O2/c1-3-9(11)5-8-6-10(7-8)12-4-2/h1,8-11H,4-7H2,2H3. The molecule has 0 aromatic heterocycles. The molecule has 1 fully saturated rings. The maximum Gasteiger partial charge on any atom is 0.114 e. The van der Waals surface area contributed by atoms with Crippen LogP contribution in [-0.2, 0) is 4.74 Å². The van der Waals surface area contributed by atoms with Gasteiger partial charge in [-0.05, 0) is 32.1 Å². The molecule has 0 aromatic carbocycles. The third-order valence-corrected chi connectivity index (χ3v) is 2.34. The maximum absolute atomic E-state index is 9.13. The minimum Gasteiger partial charge on any atom is -0.380 e. The summed E-state index contributed by atoms with van der Waals surface area (Å²) < 4.78 is 5.39. The van der Waals surface area contributed by atoms with Gasteiger partial charge in [-0.25, -0.2) is 0 Å². The molecule has 0 heterocycles. The zero-order valence-corrected chi connectivity index (χ0v) is 7.49. The lowest BCUT2D eigenvalue weighted by atomic mass is 9.79. The predicted octanol–water partition coefficient (Wildman–Crippen LogP) is 1.19. The average molecular weight is 168 g/mol. The number of terminal acetylenes is 1. The largest absolute Gasteiger partial charge is 0.380 e. The molecule has 1 aliphatic carbocycles. The van der Waals surface area contributed by atoms with E-state index in [-0.39, 0.29) is 0 Å². The zero-order valence-electron chi connectivity index (χ0n) is 7.49. The van der Waals surface area contributed by atoms with Crippen molar-refractivity contribution in [3.63, 3.8) is 0 Å². The maximum atomic E-state index is 9.13. The quantitative estimate of drug-likeness (QED) is 0.639. The van der Waals surface area contributed by atoms with Crippen LogP contribution in [0.5, 0.6) is 0 Å². The zero-order chi connectivity index (χ0) is 8.97. The lowest BCUT2D eigenvalue weighted by molar-refractivity contribution is -0.0336. The van der Waals surface area contributed by atoms with E-state index in [0.717, 1.165) is 25.9 Å². The second-order valence-electron chi connectivity index (χ2n) is 3.33. The second-order valence-corrected chi connectivity index (χ2v) is 3.33. The van der Waals surface area contributed by atoms with Gasteiger partial charge in [0.1, 0.15) is 6.10 Å². The van der Waals surface area contributed by atoms with E-state index in [1.807, 2.05) is 6.92 Å². The second kappa shape index (κ2) is 4.49. The van der Waals surface area contributed by atoms with Crippen molar-refractivity contribution in [1.82, 2.24) is 0 Å². The molecule has 1 aliphatic rings. The molecule has 0 spiro atoms. The molecule has 0 saturated heterocycles. The van der Waals surface area contributed by atoms with Crippen LogP contribution < -0.4 is 0 Å². The SMILES string of the molecule is C#CC(O)CC1CC(OCC)C1. The number of rotatable bonds is 4. The Kier molecular flexibility index (Phi) is 3.58. The lowest BCUT2D eigenvalue weighted by Crippen LogP contribution is -2.33. The van der Waals surface area contributed by atoms with E-state index < -0.39 is 6.10 Å². The molecule has 0 bridgehead atoms. The summed E-state index contributed by atoms with van der Waals surface area (Å²) in [4.78, 5) is 0. The van der Waals surface area contributed by atoms with E-state index in [4.69, 9.17) is 16.3 Å². The predicted molar refractivity (Wildman–Crippen MR) is 47.6 cm³/mol. The van der Waals surface area contributed by atoms with Crippen molar-refractivity contribution < 1.29 is 9.84 Å². The fourth-order valence-electron chi connectivity index (χ4n) is 1.62. The van der Waals surface area contributed by atoms with Crippen LogP contribution >= 0.6 is 0 Å². The van der Waals surface area contributed by atoms with Gasteiger partial charge < -0.3 is 9.84 Å². The van der Waals surface area contributed by atoms with Crippen LogP contribution in [0.25, 0.3) is 0 Å². The molecule has 2 nitrogen and oxygen atoms in total. The first kappa shape index (κ1) is 9.57. The molecule has 1 rings (SSSR count). The molecule has 0 aliphatic heterocycles. The lowest BCUT2D eigenvalue weighted by Gasteiger charge is -2.35. The smallest absolute Gasteiger partial charge is 0.114 e. The number of aliphatic hydroxyl groups excluding tert-OH is 1. The van der Waals surface area contributed by atoms with Gasteiger partial charge >= 0.3 is 0 Å². The minimum absolute atomic E-state index is 0.421. The van der Waals surface area contributed by atoms with E-state index in [9.17, 15) is 0 Å². The molecular formula is C10H16O2. The third kappa shape index (κ3) is 2.51. The first-order chi connectivity index (χ1) is 5.76. The van der Waals surface area contributed by atoms with Crippen LogP contribution in [0.3, 0.4) is 0 Å². The molecule has 0 aromatic rings. The molecule has 68 valence electrons. The Morgan fingerprint density at radius 3 is 2.83 bits per heavy atom. The highest BCUT2D eigenvalue weighted by Crippen LogP contribution is 2.33. The normalized spacial score (nSPS) is 30.4. The number of ether oxygens (including phenoxy) is 1. The van der Waals surface area contributed by atoms with E-state index in [1.54, 1.807) is 0 Å². The minimum atomic E-state index is -0.558. The summed E-state index contributed by atoms with van der Waals surface area (Å²) in [5.41, 5.74) is 0. The Morgan fingerprint density at radius 2 is 2.33 bits per heavy atom. The Labute approximate surface area is 73.9 Å². The van der Waals surface area contributed by atoms with Crippen molar-refractivity contribution in [1.29, 1.82) is 0 Å². The fraction of sp³-hybridized carbons (Fsp3) is 0.800. The molecular weight excluding hydrogens is 152 g/mol. The molecule has 1 saturated carbocycles. The van der Waals surface area contributed by atoms with Gasteiger partial charge in [-0.2, -0.15) is 0 Å². The van der Waals surface area contributed by atoms with Crippen molar-refractivity contribution in [2.24, 2.45) is 5.92 Å². The van der Waals surface area contributed by atoms with E-state index in [2.05, 4.69) is 5.92 Å². The number of aliphatic hydroxyl groups is 1. The number of hydrogen-bond donors (Lipinski definition) is 1. The van der Waals surface area contributed by atoms with Gasteiger partial charge in [-0.3, -0.25) is 0 Å². The van der Waals surface area contributed by atoms with Crippen molar-refractivity contribution in [2.45, 2.75) is 38.4 Å². The van der Waals surface area contributed by atoms with Gasteiger partial charge in [0.2, 0.25) is 0 Å². The average Bonchev–Trinajstić information content (AvgIpc) is 2.00. The monoisotopic (exact) mass is 168 g/mol. The van der Waals surface area contributed by atoms with Gasteiger partial charge in [0.05, 0.1) is 6.10 Å². The molecule has 0 amide bonds. The van der Waals surface area contributed by atoms with Gasteiger partial charge in [-0.15, -0.1) is 6.42 Å². The van der Waals surface area contributed by atoms with Crippen LogP contribution in [0.4, 0.5) is 0 Å². The van der Waals surface area contributed by atoms with Crippen LogP contribution in [0.15, 0.2) is 0 Å². The molecule has 1 atom stereocenters. The first-order valence-electron chi connectivity index (χ1n) is 4.52. The van der Waals surface area contributed by atoms with E-state index >= 15 is 0 Å². The Bertz CT molecular complexity index is 165. The summed E-state index contributed by atoms with van der Waals surface area (Å²) in [6, 6.07) is 0. The van der Waals surface area contributed by atoms with Gasteiger partial charge in [0, 0.05) is 6.61 Å². The van der Waals surface area contributed by atoms with Crippen LogP contribution in [0.2, 0.25) is 0 Å². The molecule has 1 unspecified atom stereocenters. The highest BCUT2D eigenvalue weighted by molar-refractivity contribution is 4.96. The summed E-state index contributed by atoms with van der Waals surface area (Å²) in [5.74, 6) is 2.90. The van der Waals surface area contributed by atoms with Gasteiger partial charge in [0.15, 0.2) is 0 Å². The van der Waals surface area contributed by atoms with Crippen molar-refractivity contribution in [3.05, 3.63) is 0 Å². The molecule has 2 heteroatoms. The fourth-order valence-corrected chi connectivity index (χ4v) is 1.62. The highest BCUT2D eigenvalue weighted by atomic mass is 16.5. The van der Waals surface area contributed by atoms with Crippen LogP contribution in [0.1, 0.15) is 26.2 Å². The third-order valence-electron chi connectivity index (χ3n) is 2.34. The summed E-state index contributed by atoms with van der Waals surface area (Å²) in [6.07, 6.45) is 7.79. The summed E-state index contributed by atoms with van der Waals surface area (Å²) in [5, 5.41) is 9.13. The van der Waals surface area contributed by atoms with Crippen LogP contribution in [-0.4, -0.2) is 23.9 Å². The van der Waals surface area contributed by atoms with E-state index in [1.165, 1.54) is 0 Å². The van der Waals surface area contributed by atoms with Gasteiger partial charge in [-0.1, -0.05) is 5.92 Å². The van der Waals surface area contributed by atoms with Crippen molar-refractivity contribution in [3.8, 4) is 12.3 Å². The Hall–Kier alpha value is -0.520. The summed E-state index contributed by atoms with van der Waals surface area (Å²) in [7, 11) is 0. The molecule has 1 N–H and O–H groups in total. The van der Waals surface area contributed by atoms with Crippen LogP contribution in [0, 0.1) is 18.3 Å². The molecule has 12 heavy (non-hydrogen) atoms.